The summed E-state index contributed by atoms with van der Waals surface area (Å²) in [7, 11) is 3.12. The number of hydrogen-bond donors (Lipinski definition) is 1. The molecule has 0 saturated carbocycles. The van der Waals surface area contributed by atoms with E-state index in [9.17, 15) is 9.59 Å². The van der Waals surface area contributed by atoms with E-state index < -0.39 is 5.91 Å². The number of nitrogens with zero attached hydrogens (tertiary/aromatic N) is 4. The van der Waals surface area contributed by atoms with Crippen molar-refractivity contribution in [2.24, 2.45) is 0 Å². The number of aromatic nitrogens is 4. The third-order valence-electron chi connectivity index (χ3n) is 6.94. The second-order valence-electron chi connectivity index (χ2n) is 9.34. The van der Waals surface area contributed by atoms with Crippen LogP contribution in [0, 0.1) is 0 Å². The molecule has 1 aliphatic rings. The quantitative estimate of drug-likeness (QED) is 0.312. The summed E-state index contributed by atoms with van der Waals surface area (Å²) in [5, 5.41) is 3.54. The molecule has 10 heteroatoms. The van der Waals surface area contributed by atoms with Crippen LogP contribution in [0.5, 0.6) is 23.1 Å². The highest BCUT2D eigenvalue weighted by Gasteiger charge is 2.27. The van der Waals surface area contributed by atoms with E-state index in [4.69, 9.17) is 14.2 Å². The number of benzene rings is 3. The number of rotatable bonds is 7. The maximum atomic E-state index is 13.5. The molecule has 0 fully saturated rings. The van der Waals surface area contributed by atoms with Crippen LogP contribution in [0.2, 0.25) is 0 Å². The zero-order valence-electron chi connectivity index (χ0n) is 22.1. The second-order valence-corrected chi connectivity index (χ2v) is 9.34. The summed E-state index contributed by atoms with van der Waals surface area (Å²) in [5.41, 5.74) is 2.55. The molecule has 0 spiro atoms. The number of nitrogens with one attached hydrogen (secondary N) is 1. The number of carbonyl (C=O) groups excluding carboxylic acids is 1. The summed E-state index contributed by atoms with van der Waals surface area (Å²) >= 11 is 0. The molecule has 40 heavy (non-hydrogen) atoms. The maximum Gasteiger partial charge on any atom is 0.284 e. The first-order chi connectivity index (χ1) is 19.6. The molecule has 1 N–H and O–H groups in total. The van der Waals surface area contributed by atoms with E-state index in [1.54, 1.807) is 55.3 Å². The first-order valence-electron chi connectivity index (χ1n) is 12.9. The number of methoxy groups -OCH3 is 2. The van der Waals surface area contributed by atoms with Crippen LogP contribution in [-0.4, -0.2) is 39.5 Å². The van der Waals surface area contributed by atoms with Crippen LogP contribution in [0.1, 0.15) is 28.9 Å². The molecule has 202 valence electrons. The minimum absolute atomic E-state index is 0.181. The van der Waals surface area contributed by atoms with Crippen LogP contribution in [0.15, 0.2) is 77.9 Å². The second kappa shape index (κ2) is 10.6. The maximum absolute atomic E-state index is 13.5. The first-order valence-corrected chi connectivity index (χ1v) is 12.9. The van der Waals surface area contributed by atoms with Gasteiger partial charge in [-0.15, -0.1) is 0 Å². The zero-order chi connectivity index (χ0) is 27.6. The number of carbonyl (C=O) groups is 1. The van der Waals surface area contributed by atoms with Crippen LogP contribution in [0.25, 0.3) is 16.6 Å². The topological polar surface area (TPSA) is 110 Å². The lowest BCUT2D eigenvalue weighted by Gasteiger charge is -2.19. The van der Waals surface area contributed by atoms with Crippen LogP contribution in [-0.2, 0) is 13.0 Å². The fraction of sp³-hybridized carbons (Fsp3) is 0.200. The van der Waals surface area contributed by atoms with Crippen molar-refractivity contribution < 1.29 is 19.0 Å². The van der Waals surface area contributed by atoms with Gasteiger partial charge in [0.25, 0.3) is 11.5 Å². The Hall–Kier alpha value is -5.12. The summed E-state index contributed by atoms with van der Waals surface area (Å²) in [4.78, 5) is 35.4. The molecular formula is C30H27N5O5. The van der Waals surface area contributed by atoms with Gasteiger partial charge < -0.3 is 19.5 Å². The largest absolute Gasteiger partial charge is 0.493 e. The minimum atomic E-state index is -0.429. The molecule has 10 nitrogen and oxygen atoms in total. The van der Waals surface area contributed by atoms with Crippen molar-refractivity contribution in [1.29, 1.82) is 0 Å². The van der Waals surface area contributed by atoms with Gasteiger partial charge >= 0.3 is 0 Å². The third-order valence-corrected chi connectivity index (χ3v) is 6.94. The van der Waals surface area contributed by atoms with Gasteiger partial charge in [0.2, 0.25) is 5.88 Å². The molecule has 0 radical (unpaired) electrons. The van der Waals surface area contributed by atoms with Crippen molar-refractivity contribution in [3.63, 3.8) is 0 Å². The lowest BCUT2D eigenvalue weighted by atomic mass is 10.1. The molecule has 0 bridgehead atoms. The van der Waals surface area contributed by atoms with Gasteiger partial charge in [-0.1, -0.05) is 18.2 Å². The molecule has 3 aromatic carbocycles. The van der Waals surface area contributed by atoms with E-state index in [2.05, 4.69) is 15.3 Å². The van der Waals surface area contributed by atoms with Crippen LogP contribution in [0.3, 0.4) is 0 Å². The number of amides is 1. The standard InChI is InChI=1S/C30H27N5O5/c1-38-25-16-22-23(17-26(25)39-2)31-18-32-29(22)40-21-13-11-19(12-14-21)33-28(36)27-24-10-6-7-15-34(24)35(30(27)37)20-8-4-3-5-9-20/h3-5,8-9,11-14,16-18H,6-7,10,15H2,1-2H3,(H,33,36). The summed E-state index contributed by atoms with van der Waals surface area (Å²) in [6.45, 7) is 0.690. The molecule has 3 heterocycles. The van der Waals surface area contributed by atoms with Gasteiger partial charge in [0, 0.05) is 18.3 Å². The molecule has 5 aromatic rings. The number of hydrogen-bond acceptors (Lipinski definition) is 7. The van der Waals surface area contributed by atoms with Gasteiger partial charge in [-0.05, 0) is 61.7 Å². The lowest BCUT2D eigenvalue weighted by Crippen LogP contribution is -2.25. The highest BCUT2D eigenvalue weighted by Crippen LogP contribution is 2.36. The average Bonchev–Trinajstić information content (AvgIpc) is 3.29. The molecule has 6 rings (SSSR count). The Bertz CT molecular complexity index is 1760. The average molecular weight is 538 g/mol. The minimum Gasteiger partial charge on any atom is -0.493 e. The van der Waals surface area contributed by atoms with E-state index in [1.165, 1.54) is 6.33 Å². The van der Waals surface area contributed by atoms with Gasteiger partial charge in [0.15, 0.2) is 11.5 Å². The predicted molar refractivity (Wildman–Crippen MR) is 150 cm³/mol. The Morgan fingerprint density at radius 1 is 0.925 bits per heavy atom. The Labute approximate surface area is 229 Å². The van der Waals surface area contributed by atoms with Crippen molar-refractivity contribution in [2.45, 2.75) is 25.8 Å². The van der Waals surface area contributed by atoms with E-state index >= 15 is 0 Å². The third kappa shape index (κ3) is 4.53. The van der Waals surface area contributed by atoms with E-state index in [0.717, 1.165) is 24.2 Å². The summed E-state index contributed by atoms with van der Waals surface area (Å²) < 4.78 is 20.3. The monoisotopic (exact) mass is 537 g/mol. The SMILES string of the molecule is COc1cc2ncnc(Oc3ccc(NC(=O)c4c5n(n(-c6ccccc6)c4=O)CCCC5)cc3)c2cc1OC. The van der Waals surface area contributed by atoms with Crippen molar-refractivity contribution in [1.82, 2.24) is 19.3 Å². The number of para-hydroxylation sites is 1. The number of anilines is 1. The summed E-state index contributed by atoms with van der Waals surface area (Å²) in [5.74, 6) is 1.53. The van der Waals surface area contributed by atoms with Crippen molar-refractivity contribution in [3.05, 3.63) is 94.7 Å². The summed E-state index contributed by atoms with van der Waals surface area (Å²) in [6, 6.07) is 19.8. The van der Waals surface area contributed by atoms with Crippen LogP contribution >= 0.6 is 0 Å². The molecule has 1 amide bonds. The fourth-order valence-corrected chi connectivity index (χ4v) is 5.04. The Morgan fingerprint density at radius 2 is 1.68 bits per heavy atom. The van der Waals surface area contributed by atoms with Crippen LogP contribution < -0.4 is 25.1 Å². The fourth-order valence-electron chi connectivity index (χ4n) is 5.04. The van der Waals surface area contributed by atoms with Crippen molar-refractivity contribution >= 4 is 22.5 Å². The molecule has 0 unspecified atom stereocenters. The van der Waals surface area contributed by atoms with Gasteiger partial charge in [-0.25, -0.2) is 14.6 Å². The number of fused-ring (bicyclic) bond motifs is 2. The lowest BCUT2D eigenvalue weighted by molar-refractivity contribution is 0.102. The highest BCUT2D eigenvalue weighted by molar-refractivity contribution is 6.05. The highest BCUT2D eigenvalue weighted by atomic mass is 16.5. The Balaban J connectivity index is 1.25. The molecule has 0 aliphatic carbocycles. The molecule has 1 aliphatic heterocycles. The van der Waals surface area contributed by atoms with Gasteiger partial charge in [-0.3, -0.25) is 14.3 Å². The van der Waals surface area contributed by atoms with Crippen molar-refractivity contribution in [3.8, 4) is 28.8 Å². The predicted octanol–water partition coefficient (Wildman–Crippen LogP) is 4.98. The molecule has 2 aromatic heterocycles. The normalized spacial score (nSPS) is 12.6. The van der Waals surface area contributed by atoms with Gasteiger partial charge in [-0.2, -0.15) is 0 Å². The number of ether oxygens (including phenoxy) is 3. The van der Waals surface area contributed by atoms with E-state index in [0.29, 0.717) is 52.7 Å². The molecule has 0 atom stereocenters. The van der Waals surface area contributed by atoms with E-state index in [1.807, 2.05) is 35.0 Å². The summed E-state index contributed by atoms with van der Waals surface area (Å²) in [6.07, 6.45) is 3.98. The Kier molecular flexibility index (Phi) is 6.65. The van der Waals surface area contributed by atoms with E-state index in [-0.39, 0.29) is 11.1 Å². The molecule has 0 saturated heterocycles. The molecular weight excluding hydrogens is 510 g/mol. The van der Waals surface area contributed by atoms with Crippen LogP contribution in [0.4, 0.5) is 5.69 Å². The first kappa shape index (κ1) is 25.2. The zero-order valence-corrected chi connectivity index (χ0v) is 22.1. The van der Waals surface area contributed by atoms with Gasteiger partial charge in [0.05, 0.1) is 36.5 Å². The van der Waals surface area contributed by atoms with Gasteiger partial charge in [0.1, 0.15) is 17.6 Å². The van der Waals surface area contributed by atoms with Crippen molar-refractivity contribution in [2.75, 3.05) is 19.5 Å². The Morgan fingerprint density at radius 3 is 2.42 bits per heavy atom. The smallest absolute Gasteiger partial charge is 0.284 e.